The summed E-state index contributed by atoms with van der Waals surface area (Å²) in [6, 6.07) is 3.24. The molecule has 1 nitrogen and oxygen atoms in total. The van der Waals surface area contributed by atoms with Crippen LogP contribution >= 0.6 is 0 Å². The third kappa shape index (κ3) is 3.68. The summed E-state index contributed by atoms with van der Waals surface area (Å²) < 4.78 is 33.8. The Morgan fingerprint density at radius 1 is 0.846 bits per heavy atom. The molecule has 0 N–H and O–H groups in total. The van der Waals surface area contributed by atoms with E-state index in [-0.39, 0.29) is 5.75 Å². The van der Waals surface area contributed by atoms with Gasteiger partial charge in [0.15, 0.2) is 11.6 Å². The fourth-order valence-corrected chi connectivity index (χ4v) is 5.23. The summed E-state index contributed by atoms with van der Waals surface area (Å²) >= 11 is 0. The van der Waals surface area contributed by atoms with Gasteiger partial charge in [-0.25, -0.2) is 4.39 Å². The maximum atomic E-state index is 14.5. The van der Waals surface area contributed by atoms with E-state index in [0.717, 1.165) is 48.5 Å². The number of hydrogen-bond donors (Lipinski definition) is 0. The minimum atomic E-state index is -0.856. The molecule has 1 atom stereocenters. The van der Waals surface area contributed by atoms with Crippen LogP contribution < -0.4 is 4.74 Å². The van der Waals surface area contributed by atoms with E-state index in [1.165, 1.54) is 38.5 Å². The van der Waals surface area contributed by atoms with Crippen molar-refractivity contribution in [3.63, 3.8) is 0 Å². The predicted octanol–water partition coefficient (Wildman–Crippen LogP) is 6.76. The van der Waals surface area contributed by atoms with Gasteiger partial charge in [0.05, 0.1) is 6.61 Å². The van der Waals surface area contributed by atoms with Crippen LogP contribution in [0.15, 0.2) is 18.2 Å². The smallest absolute Gasteiger partial charge is 0.201 e. The van der Waals surface area contributed by atoms with Gasteiger partial charge in [-0.2, -0.15) is 4.39 Å². The minimum absolute atomic E-state index is 0.00968. The van der Waals surface area contributed by atoms with E-state index in [1.54, 1.807) is 19.1 Å². The van der Waals surface area contributed by atoms with E-state index in [1.807, 2.05) is 0 Å². The first-order chi connectivity index (χ1) is 12.7. The average molecular weight is 360 g/mol. The molecule has 3 aliphatic carbocycles. The first-order valence-electron chi connectivity index (χ1n) is 10.5. The molecule has 26 heavy (non-hydrogen) atoms. The quantitative estimate of drug-likeness (QED) is 0.563. The standard InChI is InChI=1S/C23H30F2O/c1-2-26-21-14-13-20(22(24)23(21)25)19-11-9-18(10-12-19)17-7-5-16(6-8-17)15-3-4-15/h11,13-18H,2-10,12H2,1H3. The summed E-state index contributed by atoms with van der Waals surface area (Å²) in [6.45, 7) is 2.11. The Bertz CT molecular complexity index is 669. The molecule has 1 unspecified atom stereocenters. The van der Waals surface area contributed by atoms with Crippen LogP contribution in [0.4, 0.5) is 8.78 Å². The van der Waals surface area contributed by atoms with Crippen molar-refractivity contribution in [2.24, 2.45) is 23.7 Å². The van der Waals surface area contributed by atoms with Crippen molar-refractivity contribution in [3.8, 4) is 5.75 Å². The molecule has 0 aromatic heterocycles. The zero-order chi connectivity index (χ0) is 18.1. The zero-order valence-electron chi connectivity index (χ0n) is 15.8. The number of allylic oxidation sites excluding steroid dienone is 2. The van der Waals surface area contributed by atoms with Crippen molar-refractivity contribution >= 4 is 5.57 Å². The molecule has 4 rings (SSSR count). The van der Waals surface area contributed by atoms with Crippen LogP contribution in [0.1, 0.15) is 70.3 Å². The molecule has 0 saturated heterocycles. The van der Waals surface area contributed by atoms with E-state index in [2.05, 4.69) is 6.08 Å². The monoisotopic (exact) mass is 360 g/mol. The number of halogens is 2. The molecule has 2 fully saturated rings. The van der Waals surface area contributed by atoms with Crippen molar-refractivity contribution in [1.29, 1.82) is 0 Å². The van der Waals surface area contributed by atoms with Crippen LogP contribution in [0.3, 0.4) is 0 Å². The van der Waals surface area contributed by atoms with Crippen molar-refractivity contribution in [2.75, 3.05) is 6.61 Å². The highest BCUT2D eigenvalue weighted by Crippen LogP contribution is 2.48. The van der Waals surface area contributed by atoms with Gasteiger partial charge in [-0.3, -0.25) is 0 Å². The molecule has 3 aliphatic rings. The Morgan fingerprint density at radius 2 is 1.46 bits per heavy atom. The number of benzene rings is 1. The van der Waals surface area contributed by atoms with Crippen LogP contribution in [0, 0.1) is 35.3 Å². The molecule has 0 amide bonds. The fourth-order valence-electron chi connectivity index (χ4n) is 5.23. The van der Waals surface area contributed by atoms with Gasteiger partial charge in [0.1, 0.15) is 0 Å². The maximum absolute atomic E-state index is 14.5. The first-order valence-corrected chi connectivity index (χ1v) is 10.5. The molecule has 1 aromatic carbocycles. The Balaban J connectivity index is 1.39. The molecule has 3 heteroatoms. The van der Waals surface area contributed by atoms with E-state index >= 15 is 0 Å². The van der Waals surface area contributed by atoms with Crippen molar-refractivity contribution in [1.82, 2.24) is 0 Å². The molecule has 0 bridgehead atoms. The normalized spacial score (nSPS) is 29.3. The second kappa shape index (κ2) is 7.70. The van der Waals surface area contributed by atoms with Crippen molar-refractivity contribution in [3.05, 3.63) is 35.4 Å². The molecule has 0 spiro atoms. The van der Waals surface area contributed by atoms with Crippen LogP contribution in [-0.4, -0.2) is 6.61 Å². The molecule has 0 aliphatic heterocycles. The van der Waals surface area contributed by atoms with Gasteiger partial charge < -0.3 is 4.74 Å². The van der Waals surface area contributed by atoms with Gasteiger partial charge in [0, 0.05) is 5.56 Å². The Kier molecular flexibility index (Phi) is 5.33. The summed E-state index contributed by atoms with van der Waals surface area (Å²) in [5.41, 5.74) is 1.38. The van der Waals surface area contributed by atoms with Gasteiger partial charge in [-0.15, -0.1) is 0 Å². The van der Waals surface area contributed by atoms with Crippen LogP contribution in [0.2, 0.25) is 0 Å². The summed E-state index contributed by atoms with van der Waals surface area (Å²) in [7, 11) is 0. The largest absolute Gasteiger partial charge is 0.491 e. The van der Waals surface area contributed by atoms with E-state index < -0.39 is 11.6 Å². The summed E-state index contributed by atoms with van der Waals surface area (Å²) in [5.74, 6) is 2.01. The second-order valence-electron chi connectivity index (χ2n) is 8.45. The summed E-state index contributed by atoms with van der Waals surface area (Å²) in [4.78, 5) is 0. The van der Waals surface area contributed by atoms with Crippen molar-refractivity contribution in [2.45, 2.75) is 64.7 Å². The molecule has 1 aromatic rings. The molecular formula is C23H30F2O. The average Bonchev–Trinajstić information content (AvgIpc) is 3.52. The Labute approximate surface area is 155 Å². The predicted molar refractivity (Wildman–Crippen MR) is 101 cm³/mol. The van der Waals surface area contributed by atoms with Gasteiger partial charge in [0.25, 0.3) is 0 Å². The number of hydrogen-bond acceptors (Lipinski definition) is 1. The van der Waals surface area contributed by atoms with E-state index in [0.29, 0.717) is 12.2 Å². The summed E-state index contributed by atoms with van der Waals surface area (Å²) in [5, 5.41) is 0. The van der Waals surface area contributed by atoms with Gasteiger partial charge >= 0.3 is 0 Å². The highest BCUT2D eigenvalue weighted by atomic mass is 19.2. The molecule has 142 valence electrons. The fraction of sp³-hybridized carbons (Fsp3) is 0.652. The third-order valence-corrected chi connectivity index (χ3v) is 6.92. The molecule has 0 radical (unpaired) electrons. The Morgan fingerprint density at radius 3 is 2.00 bits per heavy atom. The highest BCUT2D eigenvalue weighted by molar-refractivity contribution is 5.67. The van der Waals surface area contributed by atoms with Crippen LogP contribution in [-0.2, 0) is 0 Å². The minimum Gasteiger partial charge on any atom is -0.491 e. The van der Waals surface area contributed by atoms with Gasteiger partial charge in [-0.1, -0.05) is 6.08 Å². The second-order valence-corrected chi connectivity index (χ2v) is 8.45. The molecule has 2 saturated carbocycles. The van der Waals surface area contributed by atoms with Gasteiger partial charge in [-0.05, 0) is 106 Å². The summed E-state index contributed by atoms with van der Waals surface area (Å²) in [6.07, 6.45) is 13.7. The van der Waals surface area contributed by atoms with Gasteiger partial charge in [0.2, 0.25) is 5.82 Å². The lowest BCUT2D eigenvalue weighted by molar-refractivity contribution is 0.183. The van der Waals surface area contributed by atoms with Crippen LogP contribution in [0.5, 0.6) is 5.75 Å². The highest BCUT2D eigenvalue weighted by Gasteiger charge is 2.36. The van der Waals surface area contributed by atoms with E-state index in [4.69, 9.17) is 4.74 Å². The van der Waals surface area contributed by atoms with E-state index in [9.17, 15) is 8.78 Å². The lowest BCUT2D eigenvalue weighted by Crippen LogP contribution is -2.24. The number of ether oxygens (including phenoxy) is 1. The maximum Gasteiger partial charge on any atom is 0.201 e. The van der Waals surface area contributed by atoms with Crippen molar-refractivity contribution < 1.29 is 13.5 Å². The Hall–Kier alpha value is -1.38. The lowest BCUT2D eigenvalue weighted by Gasteiger charge is -2.35. The SMILES string of the molecule is CCOc1ccc(C2=CCC(C3CCC(C4CC4)CC3)CC2)c(F)c1F. The topological polar surface area (TPSA) is 9.23 Å². The molecule has 0 heterocycles. The van der Waals surface area contributed by atoms with Crippen LogP contribution in [0.25, 0.3) is 5.57 Å². The first kappa shape index (κ1) is 18.0. The third-order valence-electron chi connectivity index (χ3n) is 6.92. The zero-order valence-corrected chi connectivity index (χ0v) is 15.8. The lowest BCUT2D eigenvalue weighted by atomic mass is 9.70. The number of rotatable bonds is 5. The molecular weight excluding hydrogens is 330 g/mol.